The summed E-state index contributed by atoms with van der Waals surface area (Å²) < 4.78 is 0.679. The fourth-order valence-corrected chi connectivity index (χ4v) is 3.16. The molecule has 146 valence electrons. The minimum Gasteiger partial charge on any atom is -0.321 e. The maximum absolute atomic E-state index is 12.6. The third kappa shape index (κ3) is 5.39. The fraction of sp³-hybridized carbons (Fsp3) is 0.0870. The summed E-state index contributed by atoms with van der Waals surface area (Å²) in [5, 5.41) is 6.81. The van der Waals surface area contributed by atoms with E-state index in [0.717, 1.165) is 12.0 Å². The van der Waals surface area contributed by atoms with Gasteiger partial charge in [0, 0.05) is 4.47 Å². The second kappa shape index (κ2) is 9.80. The van der Waals surface area contributed by atoms with Gasteiger partial charge in [-0.15, -0.1) is 0 Å². The Hall–Kier alpha value is -3.25. The summed E-state index contributed by atoms with van der Waals surface area (Å²) in [6, 6.07) is 21.8. The van der Waals surface area contributed by atoms with Crippen molar-refractivity contribution < 1.29 is 9.59 Å². The smallest absolute Gasteiger partial charge is 0.273 e. The Balaban J connectivity index is 1.70. The van der Waals surface area contributed by atoms with Crippen molar-refractivity contribution in [1.82, 2.24) is 5.43 Å². The van der Waals surface area contributed by atoms with E-state index < -0.39 is 5.91 Å². The average Bonchev–Trinajstić information content (AvgIpc) is 2.74. The summed E-state index contributed by atoms with van der Waals surface area (Å²) in [4.78, 5) is 25.1. The number of hydrogen-bond acceptors (Lipinski definition) is 3. The minimum atomic E-state index is -0.408. The Kier molecular flexibility index (Phi) is 6.92. The minimum absolute atomic E-state index is 0.308. The van der Waals surface area contributed by atoms with E-state index in [9.17, 15) is 9.59 Å². The van der Waals surface area contributed by atoms with Crippen molar-refractivity contribution >= 4 is 39.6 Å². The monoisotopic (exact) mass is 449 g/mol. The van der Waals surface area contributed by atoms with Crippen LogP contribution in [0.4, 0.5) is 5.69 Å². The molecule has 0 aromatic heterocycles. The zero-order valence-corrected chi connectivity index (χ0v) is 17.4. The van der Waals surface area contributed by atoms with Crippen molar-refractivity contribution in [2.24, 2.45) is 5.10 Å². The lowest BCUT2D eigenvalue weighted by Gasteiger charge is -2.10. The molecule has 0 aliphatic carbocycles. The summed E-state index contributed by atoms with van der Waals surface area (Å²) in [7, 11) is 0. The number of halogens is 1. The third-order valence-corrected chi connectivity index (χ3v) is 5.00. The Morgan fingerprint density at radius 1 is 0.897 bits per heavy atom. The number of hydrogen-bond donors (Lipinski definition) is 2. The molecule has 0 atom stereocenters. The Morgan fingerprint density at radius 3 is 2.24 bits per heavy atom. The summed E-state index contributed by atoms with van der Waals surface area (Å²) in [5.74, 6) is -0.716. The number of hydrazone groups is 1. The SMILES string of the molecule is CCc1ccc(/C=N\NC(=O)c2ccccc2NC(=O)c2ccccc2Br)cc1. The molecule has 0 fully saturated rings. The first-order valence-electron chi connectivity index (χ1n) is 9.15. The molecular weight excluding hydrogens is 430 g/mol. The van der Waals surface area contributed by atoms with Crippen molar-refractivity contribution in [3.05, 3.63) is 99.5 Å². The van der Waals surface area contributed by atoms with Crippen LogP contribution in [0, 0.1) is 0 Å². The molecule has 3 aromatic carbocycles. The van der Waals surface area contributed by atoms with Crippen molar-refractivity contribution in [2.45, 2.75) is 13.3 Å². The van der Waals surface area contributed by atoms with E-state index in [1.54, 1.807) is 48.7 Å². The van der Waals surface area contributed by atoms with Crippen LogP contribution >= 0.6 is 15.9 Å². The fourth-order valence-electron chi connectivity index (χ4n) is 2.69. The number of benzene rings is 3. The molecule has 0 spiro atoms. The van der Waals surface area contributed by atoms with Crippen molar-refractivity contribution in [3.63, 3.8) is 0 Å². The van der Waals surface area contributed by atoms with Gasteiger partial charge in [0.1, 0.15) is 0 Å². The molecular formula is C23H20BrN3O2. The van der Waals surface area contributed by atoms with Crippen LogP contribution in [-0.4, -0.2) is 18.0 Å². The van der Waals surface area contributed by atoms with E-state index in [-0.39, 0.29) is 5.91 Å². The molecule has 0 heterocycles. The van der Waals surface area contributed by atoms with Crippen LogP contribution in [0.3, 0.4) is 0 Å². The van der Waals surface area contributed by atoms with Crippen LogP contribution in [-0.2, 0) is 6.42 Å². The highest BCUT2D eigenvalue weighted by atomic mass is 79.9. The van der Waals surface area contributed by atoms with Gasteiger partial charge in [-0.2, -0.15) is 5.10 Å². The molecule has 0 saturated heterocycles. The summed E-state index contributed by atoms with van der Waals surface area (Å²) in [6.07, 6.45) is 2.55. The first-order chi connectivity index (χ1) is 14.1. The number of nitrogens with one attached hydrogen (secondary N) is 2. The molecule has 2 amide bonds. The summed E-state index contributed by atoms with van der Waals surface area (Å²) >= 11 is 3.36. The van der Waals surface area contributed by atoms with Gasteiger partial charge in [-0.25, -0.2) is 5.43 Å². The highest BCUT2D eigenvalue weighted by Crippen LogP contribution is 2.20. The van der Waals surface area contributed by atoms with E-state index in [1.807, 2.05) is 30.3 Å². The predicted octanol–water partition coefficient (Wildman–Crippen LogP) is 5.03. The molecule has 29 heavy (non-hydrogen) atoms. The number of carbonyl (C=O) groups excluding carboxylic acids is 2. The number of amides is 2. The molecule has 2 N–H and O–H groups in total. The van der Waals surface area contributed by atoms with E-state index in [4.69, 9.17) is 0 Å². The van der Waals surface area contributed by atoms with Gasteiger partial charge in [0.05, 0.1) is 23.0 Å². The normalized spacial score (nSPS) is 10.7. The van der Waals surface area contributed by atoms with Gasteiger partial charge in [0.15, 0.2) is 0 Å². The van der Waals surface area contributed by atoms with Crippen molar-refractivity contribution in [1.29, 1.82) is 0 Å². The van der Waals surface area contributed by atoms with Crippen LogP contribution in [0.1, 0.15) is 38.8 Å². The standard InChI is InChI=1S/C23H20BrN3O2/c1-2-16-11-13-17(14-12-16)15-25-27-23(29)19-8-4-6-10-21(19)26-22(28)18-7-3-5-9-20(18)24/h3-15H,2H2,1H3,(H,26,28)(H,27,29)/b25-15-. The van der Waals surface area contributed by atoms with Gasteiger partial charge in [0.25, 0.3) is 11.8 Å². The van der Waals surface area contributed by atoms with Gasteiger partial charge < -0.3 is 5.32 Å². The summed E-state index contributed by atoms with van der Waals surface area (Å²) in [6.45, 7) is 2.09. The highest BCUT2D eigenvalue weighted by molar-refractivity contribution is 9.10. The van der Waals surface area contributed by atoms with Gasteiger partial charge in [-0.05, 0) is 57.7 Å². The zero-order chi connectivity index (χ0) is 20.6. The Morgan fingerprint density at radius 2 is 1.55 bits per heavy atom. The number of aryl methyl sites for hydroxylation is 1. The largest absolute Gasteiger partial charge is 0.321 e. The average molecular weight is 450 g/mol. The lowest BCUT2D eigenvalue weighted by atomic mass is 10.1. The molecule has 3 aromatic rings. The van der Waals surface area contributed by atoms with Crippen LogP contribution in [0.25, 0.3) is 0 Å². The van der Waals surface area contributed by atoms with Gasteiger partial charge in [0.2, 0.25) is 0 Å². The van der Waals surface area contributed by atoms with Crippen molar-refractivity contribution in [3.8, 4) is 0 Å². The van der Waals surface area contributed by atoms with E-state index in [0.29, 0.717) is 21.3 Å². The van der Waals surface area contributed by atoms with Crippen molar-refractivity contribution in [2.75, 3.05) is 5.32 Å². The molecule has 0 bridgehead atoms. The van der Waals surface area contributed by atoms with Gasteiger partial charge in [-0.3, -0.25) is 9.59 Å². The Labute approximate surface area is 178 Å². The van der Waals surface area contributed by atoms with Crippen LogP contribution < -0.4 is 10.7 Å². The Bertz CT molecular complexity index is 1050. The summed E-state index contributed by atoms with van der Waals surface area (Å²) in [5.41, 5.74) is 5.85. The third-order valence-electron chi connectivity index (χ3n) is 4.31. The topological polar surface area (TPSA) is 70.6 Å². The second-order valence-corrected chi connectivity index (χ2v) is 7.13. The maximum Gasteiger partial charge on any atom is 0.273 e. The van der Waals surface area contributed by atoms with Crippen LogP contribution in [0.5, 0.6) is 0 Å². The lowest BCUT2D eigenvalue weighted by molar-refractivity contribution is 0.0956. The van der Waals surface area contributed by atoms with E-state index in [2.05, 4.69) is 38.7 Å². The molecule has 3 rings (SSSR count). The van der Waals surface area contributed by atoms with Gasteiger partial charge in [-0.1, -0.05) is 55.5 Å². The van der Waals surface area contributed by atoms with Crippen LogP contribution in [0.2, 0.25) is 0 Å². The first-order valence-corrected chi connectivity index (χ1v) is 9.95. The number of para-hydroxylation sites is 1. The first kappa shape index (κ1) is 20.5. The van der Waals surface area contributed by atoms with Gasteiger partial charge >= 0.3 is 0 Å². The number of nitrogens with zero attached hydrogens (tertiary/aromatic N) is 1. The molecule has 0 unspecified atom stereocenters. The quantitative estimate of drug-likeness (QED) is 0.409. The molecule has 0 radical (unpaired) electrons. The second-order valence-electron chi connectivity index (χ2n) is 6.27. The molecule has 5 nitrogen and oxygen atoms in total. The maximum atomic E-state index is 12.6. The highest BCUT2D eigenvalue weighted by Gasteiger charge is 2.15. The molecule has 0 aliphatic heterocycles. The molecule has 0 aliphatic rings. The molecule has 6 heteroatoms. The lowest BCUT2D eigenvalue weighted by Crippen LogP contribution is -2.21. The van der Waals surface area contributed by atoms with Crippen LogP contribution in [0.15, 0.2) is 82.4 Å². The number of rotatable bonds is 6. The number of carbonyl (C=O) groups is 2. The van der Waals surface area contributed by atoms with E-state index in [1.165, 1.54) is 5.56 Å². The molecule has 0 saturated carbocycles. The van der Waals surface area contributed by atoms with E-state index >= 15 is 0 Å². The zero-order valence-electron chi connectivity index (χ0n) is 15.9. The number of anilines is 1. The predicted molar refractivity (Wildman–Crippen MR) is 119 cm³/mol.